The second-order valence-corrected chi connectivity index (χ2v) is 5.78. The first-order valence-corrected chi connectivity index (χ1v) is 5.96. The highest BCUT2D eigenvalue weighted by Gasteiger charge is 2.56. The Hall–Kier alpha value is -1.17. The molecule has 0 aromatic heterocycles. The summed E-state index contributed by atoms with van der Waals surface area (Å²) in [6.45, 7) is 6.61. The topological polar surface area (TPSA) is 71.0 Å². The van der Waals surface area contributed by atoms with Gasteiger partial charge in [-0.25, -0.2) is 9.80 Å². The normalized spacial score (nSPS) is 32.4. The number of esters is 1. The van der Waals surface area contributed by atoms with Crippen LogP contribution in [0.5, 0.6) is 0 Å². The van der Waals surface area contributed by atoms with E-state index in [9.17, 15) is 9.70 Å². The van der Waals surface area contributed by atoms with E-state index in [4.69, 9.17) is 4.74 Å². The maximum Gasteiger partial charge on any atom is 0.335 e. The van der Waals surface area contributed by atoms with E-state index in [1.165, 1.54) is 5.01 Å². The van der Waals surface area contributed by atoms with Crippen LogP contribution in [-0.2, 0) is 9.53 Å². The minimum absolute atomic E-state index is 0.0220. The summed E-state index contributed by atoms with van der Waals surface area (Å²) in [6.07, 6.45) is 1.43. The number of piperazine rings is 1. The molecule has 2 aliphatic heterocycles. The molecule has 2 bridgehead atoms. The van der Waals surface area contributed by atoms with Crippen molar-refractivity contribution >= 4 is 5.97 Å². The number of nitrogens with zero attached hydrogens (tertiary/aromatic N) is 2. The Bertz CT molecular complexity index is 335. The van der Waals surface area contributed by atoms with E-state index in [0.29, 0.717) is 19.5 Å². The van der Waals surface area contributed by atoms with Gasteiger partial charge in [-0.05, 0) is 33.6 Å². The van der Waals surface area contributed by atoms with Crippen molar-refractivity contribution in [1.29, 1.82) is 0 Å². The highest BCUT2D eigenvalue weighted by molar-refractivity contribution is 5.82. The summed E-state index contributed by atoms with van der Waals surface area (Å²) in [6, 6.07) is 0.0220. The van der Waals surface area contributed by atoms with Crippen LogP contribution in [0.25, 0.3) is 0 Å². The highest BCUT2D eigenvalue weighted by Crippen LogP contribution is 2.38. The molecule has 2 heterocycles. The van der Waals surface area contributed by atoms with E-state index in [2.05, 4.69) is 10.6 Å². The third-order valence-electron chi connectivity index (χ3n) is 3.34. The number of hydrogen-bond donors (Lipinski definition) is 1. The molecule has 0 aliphatic carbocycles. The third-order valence-corrected chi connectivity index (χ3v) is 3.34. The number of fused-ring (bicyclic) bond motifs is 2. The summed E-state index contributed by atoms with van der Waals surface area (Å²) in [5.74, 6) is -0.348. The van der Waals surface area contributed by atoms with Gasteiger partial charge in [0.2, 0.25) is 0 Å². The van der Waals surface area contributed by atoms with Gasteiger partial charge in [0.05, 0.1) is 11.3 Å². The van der Waals surface area contributed by atoms with Gasteiger partial charge in [-0.15, -0.1) is 4.91 Å². The van der Waals surface area contributed by atoms with E-state index >= 15 is 0 Å². The highest BCUT2D eigenvalue weighted by atomic mass is 16.6. The average molecular weight is 241 g/mol. The number of hydrogen-bond acceptors (Lipinski definition) is 5. The van der Waals surface area contributed by atoms with Gasteiger partial charge < -0.3 is 10.1 Å². The van der Waals surface area contributed by atoms with E-state index in [1.807, 2.05) is 20.8 Å². The van der Waals surface area contributed by atoms with Crippen molar-refractivity contribution in [1.82, 2.24) is 10.3 Å². The second-order valence-electron chi connectivity index (χ2n) is 5.78. The largest absolute Gasteiger partial charge is 0.458 e. The Morgan fingerprint density at radius 1 is 1.53 bits per heavy atom. The minimum atomic E-state index is -0.891. The molecule has 0 spiro atoms. The van der Waals surface area contributed by atoms with Crippen molar-refractivity contribution in [2.24, 2.45) is 5.29 Å². The molecule has 0 aromatic rings. The molecule has 6 heteroatoms. The average Bonchev–Trinajstić information content (AvgIpc) is 2.42. The lowest BCUT2D eigenvalue weighted by molar-refractivity contribution is -0.170. The Kier molecular flexibility index (Phi) is 2.85. The van der Waals surface area contributed by atoms with Crippen LogP contribution in [0.4, 0.5) is 0 Å². The predicted molar refractivity (Wildman–Crippen MR) is 62.1 cm³/mol. The van der Waals surface area contributed by atoms with Crippen LogP contribution in [0.15, 0.2) is 5.29 Å². The standard InChI is InChI=1S/C11H19N3O3/c1-10(2,3)17-9(15)11-5-4-8(6-12-7-11)14(11)13-16/h8,12H,4-7H2,1-3H3. The molecule has 2 atom stereocenters. The van der Waals surface area contributed by atoms with Gasteiger partial charge >= 0.3 is 5.97 Å². The van der Waals surface area contributed by atoms with Gasteiger partial charge in [-0.3, -0.25) is 0 Å². The van der Waals surface area contributed by atoms with Gasteiger partial charge in [0.1, 0.15) is 5.60 Å². The van der Waals surface area contributed by atoms with Crippen molar-refractivity contribution < 1.29 is 9.53 Å². The summed E-state index contributed by atoms with van der Waals surface area (Å²) in [5.41, 5.74) is -1.44. The van der Waals surface area contributed by atoms with E-state index in [-0.39, 0.29) is 12.0 Å². The van der Waals surface area contributed by atoms with Crippen molar-refractivity contribution in [3.63, 3.8) is 0 Å². The molecule has 0 radical (unpaired) electrons. The fraction of sp³-hybridized carbons (Fsp3) is 0.909. The first kappa shape index (κ1) is 12.3. The summed E-state index contributed by atoms with van der Waals surface area (Å²) < 4.78 is 5.41. The van der Waals surface area contributed by atoms with Gasteiger partial charge in [0, 0.05) is 13.1 Å². The van der Waals surface area contributed by atoms with Crippen LogP contribution >= 0.6 is 0 Å². The Labute approximate surface area is 101 Å². The molecule has 0 amide bonds. The van der Waals surface area contributed by atoms with E-state index in [0.717, 1.165) is 6.42 Å². The van der Waals surface area contributed by atoms with Crippen molar-refractivity contribution in [2.45, 2.75) is 50.8 Å². The number of nitrogens with one attached hydrogen (secondary N) is 1. The third kappa shape index (κ3) is 2.01. The molecule has 0 aromatic carbocycles. The molecule has 2 unspecified atom stereocenters. The molecule has 2 fully saturated rings. The van der Waals surface area contributed by atoms with Crippen LogP contribution in [0.3, 0.4) is 0 Å². The molecule has 2 saturated heterocycles. The molecule has 17 heavy (non-hydrogen) atoms. The zero-order valence-corrected chi connectivity index (χ0v) is 10.5. The SMILES string of the molecule is CC(C)(C)OC(=O)C12CCC(CNC1)N2N=O. The lowest BCUT2D eigenvalue weighted by Crippen LogP contribution is -2.63. The number of rotatable bonds is 2. The number of nitroso groups, excluding NO2 is 1. The molecule has 6 nitrogen and oxygen atoms in total. The van der Waals surface area contributed by atoms with Crippen molar-refractivity contribution in [3.05, 3.63) is 4.91 Å². The van der Waals surface area contributed by atoms with E-state index < -0.39 is 11.1 Å². The predicted octanol–water partition coefficient (Wildman–Crippen LogP) is 0.816. The van der Waals surface area contributed by atoms with Crippen molar-refractivity contribution in [2.75, 3.05) is 13.1 Å². The Morgan fingerprint density at radius 3 is 2.82 bits per heavy atom. The summed E-state index contributed by atoms with van der Waals surface area (Å²) >= 11 is 0. The summed E-state index contributed by atoms with van der Waals surface area (Å²) in [4.78, 5) is 23.2. The van der Waals surface area contributed by atoms with Gasteiger partial charge in [0.25, 0.3) is 0 Å². The van der Waals surface area contributed by atoms with Gasteiger partial charge in [0.15, 0.2) is 5.54 Å². The molecule has 96 valence electrons. The summed E-state index contributed by atoms with van der Waals surface area (Å²) in [7, 11) is 0. The molecule has 2 aliphatic rings. The van der Waals surface area contributed by atoms with Crippen LogP contribution < -0.4 is 5.32 Å². The zero-order valence-electron chi connectivity index (χ0n) is 10.5. The molecule has 2 rings (SSSR count). The number of carbonyl (C=O) groups is 1. The Balaban J connectivity index is 2.22. The monoisotopic (exact) mass is 241 g/mol. The maximum atomic E-state index is 12.3. The molecule has 0 saturated carbocycles. The van der Waals surface area contributed by atoms with E-state index in [1.54, 1.807) is 0 Å². The smallest absolute Gasteiger partial charge is 0.335 e. The van der Waals surface area contributed by atoms with Crippen LogP contribution in [0.2, 0.25) is 0 Å². The zero-order chi connectivity index (χ0) is 12.7. The fourth-order valence-electron chi connectivity index (χ4n) is 2.58. The first-order chi connectivity index (χ1) is 7.89. The second kappa shape index (κ2) is 3.94. The maximum absolute atomic E-state index is 12.3. The van der Waals surface area contributed by atoms with Gasteiger partial charge in [-0.1, -0.05) is 0 Å². The van der Waals surface area contributed by atoms with Crippen LogP contribution in [0, 0.1) is 4.91 Å². The molecular weight excluding hydrogens is 222 g/mol. The molecule has 1 N–H and O–H groups in total. The number of ether oxygens (including phenoxy) is 1. The minimum Gasteiger partial charge on any atom is -0.458 e. The van der Waals surface area contributed by atoms with Gasteiger partial charge in [-0.2, -0.15) is 0 Å². The fourth-order valence-corrected chi connectivity index (χ4v) is 2.58. The van der Waals surface area contributed by atoms with Crippen LogP contribution in [-0.4, -0.2) is 41.2 Å². The Morgan fingerprint density at radius 2 is 2.24 bits per heavy atom. The van der Waals surface area contributed by atoms with Crippen molar-refractivity contribution in [3.8, 4) is 0 Å². The molecular formula is C11H19N3O3. The lowest BCUT2D eigenvalue weighted by Gasteiger charge is -2.40. The first-order valence-electron chi connectivity index (χ1n) is 5.96. The lowest BCUT2D eigenvalue weighted by atomic mass is 9.96. The summed E-state index contributed by atoms with van der Waals surface area (Å²) in [5, 5.41) is 7.62. The quantitative estimate of drug-likeness (QED) is 0.572. The van der Waals surface area contributed by atoms with Crippen LogP contribution in [0.1, 0.15) is 33.6 Å². The number of carbonyl (C=O) groups excluding carboxylic acids is 1.